The van der Waals surface area contributed by atoms with E-state index in [-0.39, 0.29) is 17.3 Å². The Bertz CT molecular complexity index is 619. The molecule has 1 aromatic rings. The van der Waals surface area contributed by atoms with Crippen molar-refractivity contribution in [3.05, 3.63) is 23.3 Å². The Hall–Kier alpha value is -2.88. The molecule has 1 aliphatic carbocycles. The van der Waals surface area contributed by atoms with Gasteiger partial charge in [0.2, 0.25) is 0 Å². The van der Waals surface area contributed by atoms with Gasteiger partial charge in [0, 0.05) is 11.6 Å². The number of aliphatic hydroxyl groups is 1. The molecular weight excluding hydrogens is 262 g/mol. The van der Waals surface area contributed by atoms with E-state index in [2.05, 4.69) is 5.32 Å². The summed E-state index contributed by atoms with van der Waals surface area (Å²) < 4.78 is 0. The summed E-state index contributed by atoms with van der Waals surface area (Å²) in [5.74, 6) is -2.36. The molecule has 6 N–H and O–H groups in total. The first-order valence-corrected chi connectivity index (χ1v) is 5.90. The number of nitrogen functional groups attached to an aromatic ring is 1. The molecule has 1 aromatic carbocycles. The summed E-state index contributed by atoms with van der Waals surface area (Å²) in [6, 6.07) is 3.83. The number of rotatable bonds is 3. The maximum Gasteiger partial charge on any atom is 0.266 e. The Balaban J connectivity index is 2.39. The first-order valence-electron chi connectivity index (χ1n) is 5.90. The Morgan fingerprint density at radius 2 is 2.05 bits per heavy atom. The third kappa shape index (κ3) is 2.59. The highest BCUT2D eigenvalue weighted by atomic mass is 16.3. The number of hydrogen-bond donors (Lipinski definition) is 5. The maximum absolute atomic E-state index is 11.8. The van der Waals surface area contributed by atoms with E-state index < -0.39 is 28.7 Å². The minimum atomic E-state index is -0.682. The number of nitriles is 1. The van der Waals surface area contributed by atoms with Crippen LogP contribution in [-0.4, -0.2) is 27.3 Å². The standard InChI is InChI=1S/C13H13N3O4/c14-5-8(13(20)16-7-1-2-7)11(18)6-3-9(15)12(19)10(17)4-6/h3-4,7,17-19H,1-2,15H2,(H,16,20)/b11-8-. The number of phenolic OH excluding ortho intramolecular Hbond substituents is 2. The average molecular weight is 275 g/mol. The van der Waals surface area contributed by atoms with E-state index in [0.717, 1.165) is 25.0 Å². The first kappa shape index (κ1) is 13.5. The molecule has 0 heterocycles. The summed E-state index contributed by atoms with van der Waals surface area (Å²) >= 11 is 0. The number of aliphatic hydroxyl groups excluding tert-OH is 1. The predicted molar refractivity (Wildman–Crippen MR) is 70.5 cm³/mol. The number of benzene rings is 1. The number of anilines is 1. The van der Waals surface area contributed by atoms with Gasteiger partial charge >= 0.3 is 0 Å². The number of amides is 1. The summed E-state index contributed by atoms with van der Waals surface area (Å²) in [6.07, 6.45) is 1.69. The van der Waals surface area contributed by atoms with Gasteiger partial charge < -0.3 is 26.4 Å². The van der Waals surface area contributed by atoms with Crippen molar-refractivity contribution < 1.29 is 20.1 Å². The van der Waals surface area contributed by atoms with Crippen LogP contribution in [0.1, 0.15) is 18.4 Å². The molecule has 0 unspecified atom stereocenters. The van der Waals surface area contributed by atoms with Crippen molar-refractivity contribution in [1.29, 1.82) is 5.26 Å². The molecule has 1 amide bonds. The fourth-order valence-electron chi connectivity index (χ4n) is 1.62. The topological polar surface area (TPSA) is 140 Å². The average Bonchev–Trinajstić information content (AvgIpc) is 3.19. The number of carbonyl (C=O) groups is 1. The van der Waals surface area contributed by atoms with E-state index >= 15 is 0 Å². The van der Waals surface area contributed by atoms with E-state index in [1.807, 2.05) is 0 Å². The molecule has 0 radical (unpaired) electrons. The molecular formula is C13H13N3O4. The van der Waals surface area contributed by atoms with Crippen molar-refractivity contribution in [2.75, 3.05) is 5.73 Å². The van der Waals surface area contributed by atoms with Crippen molar-refractivity contribution in [2.45, 2.75) is 18.9 Å². The van der Waals surface area contributed by atoms with Crippen LogP contribution in [0, 0.1) is 11.3 Å². The second kappa shape index (κ2) is 5.01. The minimum absolute atomic E-state index is 0.0275. The molecule has 7 heteroatoms. The lowest BCUT2D eigenvalue weighted by molar-refractivity contribution is -0.117. The van der Waals surface area contributed by atoms with Crippen molar-refractivity contribution >= 4 is 17.4 Å². The number of hydrogen-bond acceptors (Lipinski definition) is 6. The van der Waals surface area contributed by atoms with Gasteiger partial charge in [-0.05, 0) is 25.0 Å². The van der Waals surface area contributed by atoms with E-state index in [0.29, 0.717) is 0 Å². The molecule has 1 fully saturated rings. The highest BCUT2D eigenvalue weighted by Gasteiger charge is 2.26. The van der Waals surface area contributed by atoms with Crippen LogP contribution in [0.15, 0.2) is 17.7 Å². The first-order chi connectivity index (χ1) is 9.43. The highest BCUT2D eigenvalue weighted by molar-refractivity contribution is 6.04. The van der Waals surface area contributed by atoms with Crippen LogP contribution in [0.4, 0.5) is 5.69 Å². The van der Waals surface area contributed by atoms with Gasteiger partial charge in [0.1, 0.15) is 11.8 Å². The zero-order valence-corrected chi connectivity index (χ0v) is 10.4. The van der Waals surface area contributed by atoms with Gasteiger partial charge in [-0.1, -0.05) is 0 Å². The zero-order valence-electron chi connectivity index (χ0n) is 10.4. The molecule has 0 bridgehead atoms. The lowest BCUT2D eigenvalue weighted by Gasteiger charge is -2.08. The molecule has 0 saturated heterocycles. The van der Waals surface area contributed by atoms with Gasteiger partial charge in [-0.2, -0.15) is 5.26 Å². The monoisotopic (exact) mass is 275 g/mol. The zero-order chi connectivity index (χ0) is 14.9. The van der Waals surface area contributed by atoms with Crippen LogP contribution in [0.2, 0.25) is 0 Å². The van der Waals surface area contributed by atoms with Crippen molar-refractivity contribution in [3.63, 3.8) is 0 Å². The number of aromatic hydroxyl groups is 2. The summed E-state index contributed by atoms with van der Waals surface area (Å²) in [5, 5.41) is 40.3. The Kier molecular flexibility index (Phi) is 3.39. The Morgan fingerprint density at radius 3 is 2.55 bits per heavy atom. The van der Waals surface area contributed by atoms with Crippen LogP contribution >= 0.6 is 0 Å². The summed E-state index contributed by atoms with van der Waals surface area (Å²) in [5.41, 5.74) is 4.77. The smallest absolute Gasteiger partial charge is 0.266 e. The van der Waals surface area contributed by atoms with Gasteiger partial charge in [-0.3, -0.25) is 4.79 Å². The second-order valence-corrected chi connectivity index (χ2v) is 4.52. The molecule has 104 valence electrons. The molecule has 0 atom stereocenters. The van der Waals surface area contributed by atoms with Crippen molar-refractivity contribution in [3.8, 4) is 17.6 Å². The molecule has 20 heavy (non-hydrogen) atoms. The summed E-state index contributed by atoms with van der Waals surface area (Å²) in [7, 11) is 0. The van der Waals surface area contributed by atoms with E-state index in [1.165, 1.54) is 0 Å². The normalized spacial score (nSPS) is 15.2. The number of carbonyl (C=O) groups excluding carboxylic acids is 1. The van der Waals surface area contributed by atoms with Crippen LogP contribution in [0.25, 0.3) is 5.76 Å². The molecule has 1 aliphatic rings. The SMILES string of the molecule is N#C/C(C(=O)NC1CC1)=C(/O)c1cc(N)c(O)c(O)c1. The van der Waals surface area contributed by atoms with E-state index in [9.17, 15) is 20.1 Å². The lowest BCUT2D eigenvalue weighted by atomic mass is 10.1. The second-order valence-electron chi connectivity index (χ2n) is 4.52. The van der Waals surface area contributed by atoms with Crippen LogP contribution < -0.4 is 11.1 Å². The largest absolute Gasteiger partial charge is 0.506 e. The minimum Gasteiger partial charge on any atom is -0.506 e. The number of phenols is 2. The maximum atomic E-state index is 11.8. The lowest BCUT2D eigenvalue weighted by Crippen LogP contribution is -2.27. The quantitative estimate of drug-likeness (QED) is 0.181. The van der Waals surface area contributed by atoms with Crippen molar-refractivity contribution in [1.82, 2.24) is 5.32 Å². The summed E-state index contributed by atoms with van der Waals surface area (Å²) in [4.78, 5) is 11.8. The van der Waals surface area contributed by atoms with Crippen LogP contribution in [0.5, 0.6) is 11.5 Å². The van der Waals surface area contributed by atoms with Crippen molar-refractivity contribution in [2.24, 2.45) is 0 Å². The summed E-state index contributed by atoms with van der Waals surface area (Å²) in [6.45, 7) is 0. The third-order valence-corrected chi connectivity index (χ3v) is 2.88. The molecule has 1 saturated carbocycles. The molecule has 0 aliphatic heterocycles. The predicted octanol–water partition coefficient (Wildman–Crippen LogP) is 0.751. The fraction of sp³-hybridized carbons (Fsp3) is 0.231. The van der Waals surface area contributed by atoms with Crippen LogP contribution in [0.3, 0.4) is 0 Å². The third-order valence-electron chi connectivity index (χ3n) is 2.88. The molecule has 0 spiro atoms. The van der Waals surface area contributed by atoms with Gasteiger partial charge in [-0.25, -0.2) is 0 Å². The number of nitrogens with two attached hydrogens (primary N) is 1. The van der Waals surface area contributed by atoms with E-state index in [1.54, 1.807) is 6.07 Å². The molecule has 7 nitrogen and oxygen atoms in total. The molecule has 0 aromatic heterocycles. The van der Waals surface area contributed by atoms with Gasteiger partial charge in [0.25, 0.3) is 5.91 Å². The van der Waals surface area contributed by atoms with Gasteiger partial charge in [0.15, 0.2) is 17.1 Å². The van der Waals surface area contributed by atoms with Gasteiger partial charge in [-0.15, -0.1) is 0 Å². The number of nitrogens with zero attached hydrogens (tertiary/aromatic N) is 1. The number of nitrogens with one attached hydrogen (secondary N) is 1. The Morgan fingerprint density at radius 1 is 1.40 bits per heavy atom. The van der Waals surface area contributed by atoms with Crippen LogP contribution in [-0.2, 0) is 4.79 Å². The Labute approximate surface area is 114 Å². The molecule has 2 rings (SSSR count). The van der Waals surface area contributed by atoms with E-state index in [4.69, 9.17) is 11.0 Å². The fourth-order valence-corrected chi connectivity index (χ4v) is 1.62. The van der Waals surface area contributed by atoms with Gasteiger partial charge in [0.05, 0.1) is 5.69 Å². The highest BCUT2D eigenvalue weighted by Crippen LogP contribution is 2.34.